The summed E-state index contributed by atoms with van der Waals surface area (Å²) >= 11 is 0. The molecule has 1 amide bonds. The number of hydrogen-bond acceptors (Lipinski definition) is 4. The van der Waals surface area contributed by atoms with Crippen LogP contribution in [0.1, 0.15) is 62.8 Å². The Bertz CT molecular complexity index is 487. The summed E-state index contributed by atoms with van der Waals surface area (Å²) in [6.45, 7) is 7.68. The first-order valence-electron chi connectivity index (χ1n) is 7.28. The van der Waals surface area contributed by atoms with Crippen LogP contribution >= 0.6 is 0 Å². The Morgan fingerprint density at radius 2 is 1.90 bits per heavy atom. The van der Waals surface area contributed by atoms with Crippen molar-refractivity contribution < 1.29 is 4.79 Å². The van der Waals surface area contributed by atoms with Gasteiger partial charge in [0.15, 0.2) is 0 Å². The van der Waals surface area contributed by atoms with Crippen LogP contribution in [0.2, 0.25) is 0 Å². The quantitative estimate of drug-likeness (QED) is 0.890. The minimum atomic E-state index is -0.269. The van der Waals surface area contributed by atoms with Crippen LogP contribution in [0.3, 0.4) is 0 Å². The lowest BCUT2D eigenvalue weighted by Gasteiger charge is -2.20. The summed E-state index contributed by atoms with van der Waals surface area (Å²) in [6, 6.07) is 2.22. The van der Waals surface area contributed by atoms with Gasteiger partial charge < -0.3 is 10.6 Å². The fourth-order valence-electron chi connectivity index (χ4n) is 2.44. The molecule has 0 saturated heterocycles. The van der Waals surface area contributed by atoms with Crippen LogP contribution < -0.4 is 10.6 Å². The van der Waals surface area contributed by atoms with Crippen LogP contribution in [0, 0.1) is 6.92 Å². The number of aryl methyl sites for hydroxylation is 1. The lowest BCUT2D eigenvalue weighted by molar-refractivity contribution is 0.0914. The SMILES string of the molecule is Cc1nc(NC2CCCC2)cc(C(=O)NC(C)(C)C)n1. The molecule has 1 heterocycles. The third kappa shape index (κ3) is 4.18. The van der Waals surface area contributed by atoms with Gasteiger partial charge in [-0.25, -0.2) is 9.97 Å². The molecule has 1 saturated carbocycles. The van der Waals surface area contributed by atoms with Crippen molar-refractivity contribution in [2.75, 3.05) is 5.32 Å². The summed E-state index contributed by atoms with van der Waals surface area (Å²) in [7, 11) is 0. The van der Waals surface area contributed by atoms with E-state index in [2.05, 4.69) is 20.6 Å². The van der Waals surface area contributed by atoms with Crippen LogP contribution in [0.25, 0.3) is 0 Å². The normalized spacial score (nSPS) is 16.2. The van der Waals surface area contributed by atoms with Crippen molar-refractivity contribution in [2.24, 2.45) is 0 Å². The van der Waals surface area contributed by atoms with Gasteiger partial charge in [-0.2, -0.15) is 0 Å². The first-order chi connectivity index (χ1) is 9.33. The van der Waals surface area contributed by atoms with E-state index in [0.29, 0.717) is 17.6 Å². The van der Waals surface area contributed by atoms with Crippen LogP contribution in [-0.2, 0) is 0 Å². The molecule has 20 heavy (non-hydrogen) atoms. The molecule has 2 rings (SSSR count). The highest BCUT2D eigenvalue weighted by Crippen LogP contribution is 2.21. The van der Waals surface area contributed by atoms with Gasteiger partial charge in [0.1, 0.15) is 17.3 Å². The van der Waals surface area contributed by atoms with Gasteiger partial charge in [0.2, 0.25) is 0 Å². The lowest BCUT2D eigenvalue weighted by Crippen LogP contribution is -2.41. The summed E-state index contributed by atoms with van der Waals surface area (Å²) in [5.41, 5.74) is 0.155. The largest absolute Gasteiger partial charge is 0.367 e. The Kier molecular flexibility index (Phi) is 4.26. The van der Waals surface area contributed by atoms with Crippen molar-refractivity contribution >= 4 is 11.7 Å². The Labute approximate surface area is 120 Å². The number of carbonyl (C=O) groups is 1. The highest BCUT2D eigenvalue weighted by Gasteiger charge is 2.19. The van der Waals surface area contributed by atoms with Crippen LogP contribution in [-0.4, -0.2) is 27.5 Å². The molecule has 5 nitrogen and oxygen atoms in total. The monoisotopic (exact) mass is 276 g/mol. The Hall–Kier alpha value is -1.65. The second-order valence-electron chi connectivity index (χ2n) is 6.52. The average molecular weight is 276 g/mol. The molecule has 2 N–H and O–H groups in total. The standard InChI is InChI=1S/C15H24N4O/c1-10-16-12(14(20)19-15(2,3)4)9-13(17-10)18-11-7-5-6-8-11/h9,11H,5-8H2,1-4H3,(H,19,20)(H,16,17,18). The lowest BCUT2D eigenvalue weighted by atomic mass is 10.1. The predicted octanol–water partition coefficient (Wildman–Crippen LogP) is 2.67. The number of rotatable bonds is 3. The molecule has 1 aliphatic carbocycles. The minimum absolute atomic E-state index is 0.155. The van der Waals surface area contributed by atoms with Gasteiger partial charge in [-0.3, -0.25) is 4.79 Å². The smallest absolute Gasteiger partial charge is 0.270 e. The fourth-order valence-corrected chi connectivity index (χ4v) is 2.44. The first-order valence-corrected chi connectivity index (χ1v) is 7.28. The molecule has 1 aliphatic rings. The summed E-state index contributed by atoms with van der Waals surface area (Å²) in [4.78, 5) is 20.8. The molecule has 0 aromatic carbocycles. The van der Waals surface area contributed by atoms with Crippen molar-refractivity contribution in [3.8, 4) is 0 Å². The van der Waals surface area contributed by atoms with Gasteiger partial charge in [0, 0.05) is 17.6 Å². The summed E-state index contributed by atoms with van der Waals surface area (Å²) in [5.74, 6) is 1.22. The highest BCUT2D eigenvalue weighted by atomic mass is 16.2. The number of anilines is 1. The molecule has 1 aromatic heterocycles. The molecular formula is C15H24N4O. The zero-order valence-corrected chi connectivity index (χ0v) is 12.8. The number of nitrogens with zero attached hydrogens (tertiary/aromatic N) is 2. The third-order valence-electron chi connectivity index (χ3n) is 3.27. The van der Waals surface area contributed by atoms with E-state index in [4.69, 9.17) is 0 Å². The van der Waals surface area contributed by atoms with Gasteiger partial charge in [0.05, 0.1) is 0 Å². The van der Waals surface area contributed by atoms with E-state index in [1.165, 1.54) is 25.7 Å². The van der Waals surface area contributed by atoms with Gasteiger partial charge >= 0.3 is 0 Å². The molecule has 0 spiro atoms. The Morgan fingerprint density at radius 1 is 1.25 bits per heavy atom. The second-order valence-corrected chi connectivity index (χ2v) is 6.52. The van der Waals surface area contributed by atoms with E-state index in [1.54, 1.807) is 6.07 Å². The summed E-state index contributed by atoms with van der Waals surface area (Å²) in [5, 5.41) is 6.34. The Morgan fingerprint density at radius 3 is 2.50 bits per heavy atom. The van der Waals surface area contributed by atoms with E-state index in [1.807, 2.05) is 27.7 Å². The molecule has 0 aliphatic heterocycles. The first kappa shape index (κ1) is 14.8. The number of amides is 1. The molecule has 110 valence electrons. The zero-order chi connectivity index (χ0) is 14.8. The van der Waals surface area contributed by atoms with Crippen LogP contribution in [0.4, 0.5) is 5.82 Å². The maximum Gasteiger partial charge on any atom is 0.270 e. The molecule has 0 radical (unpaired) electrons. The van der Waals surface area contributed by atoms with Gasteiger partial charge in [-0.1, -0.05) is 12.8 Å². The average Bonchev–Trinajstić information content (AvgIpc) is 2.78. The van der Waals surface area contributed by atoms with E-state index in [9.17, 15) is 4.79 Å². The molecule has 0 unspecified atom stereocenters. The van der Waals surface area contributed by atoms with Crippen molar-refractivity contribution in [1.29, 1.82) is 0 Å². The summed E-state index contributed by atoms with van der Waals surface area (Å²) < 4.78 is 0. The van der Waals surface area contributed by atoms with Crippen molar-refractivity contribution in [2.45, 2.75) is 65.0 Å². The molecule has 1 fully saturated rings. The van der Waals surface area contributed by atoms with Gasteiger partial charge in [-0.15, -0.1) is 0 Å². The predicted molar refractivity (Wildman–Crippen MR) is 79.9 cm³/mol. The zero-order valence-electron chi connectivity index (χ0n) is 12.8. The maximum absolute atomic E-state index is 12.2. The van der Waals surface area contributed by atoms with E-state index >= 15 is 0 Å². The fraction of sp³-hybridized carbons (Fsp3) is 0.667. The van der Waals surface area contributed by atoms with Crippen LogP contribution in [0.5, 0.6) is 0 Å². The summed E-state index contributed by atoms with van der Waals surface area (Å²) in [6.07, 6.45) is 4.87. The van der Waals surface area contributed by atoms with E-state index < -0.39 is 0 Å². The second kappa shape index (κ2) is 5.77. The molecular weight excluding hydrogens is 252 g/mol. The van der Waals surface area contributed by atoms with Crippen molar-refractivity contribution in [3.05, 3.63) is 17.6 Å². The highest BCUT2D eigenvalue weighted by molar-refractivity contribution is 5.93. The van der Waals surface area contributed by atoms with Crippen molar-refractivity contribution in [1.82, 2.24) is 15.3 Å². The topological polar surface area (TPSA) is 66.9 Å². The number of aromatic nitrogens is 2. The maximum atomic E-state index is 12.2. The number of carbonyl (C=O) groups excluding carboxylic acids is 1. The molecule has 1 aromatic rings. The van der Waals surface area contributed by atoms with Crippen molar-refractivity contribution in [3.63, 3.8) is 0 Å². The van der Waals surface area contributed by atoms with Gasteiger partial charge in [0.25, 0.3) is 5.91 Å². The molecule has 0 bridgehead atoms. The number of nitrogens with one attached hydrogen (secondary N) is 2. The van der Waals surface area contributed by atoms with E-state index in [0.717, 1.165) is 5.82 Å². The molecule has 5 heteroatoms. The number of hydrogen-bond donors (Lipinski definition) is 2. The van der Waals surface area contributed by atoms with E-state index in [-0.39, 0.29) is 11.4 Å². The molecule has 0 atom stereocenters. The minimum Gasteiger partial charge on any atom is -0.367 e. The van der Waals surface area contributed by atoms with Gasteiger partial charge in [-0.05, 0) is 40.5 Å². The third-order valence-corrected chi connectivity index (χ3v) is 3.27. The van der Waals surface area contributed by atoms with Crippen LogP contribution in [0.15, 0.2) is 6.07 Å². The Balaban J connectivity index is 2.13.